The van der Waals surface area contributed by atoms with E-state index in [1.54, 1.807) is 20.8 Å². The second-order valence-electron chi connectivity index (χ2n) is 5.73. The summed E-state index contributed by atoms with van der Waals surface area (Å²) in [4.78, 5) is 36.2. The summed E-state index contributed by atoms with van der Waals surface area (Å²) in [5, 5.41) is 9.31. The van der Waals surface area contributed by atoms with Crippen molar-refractivity contribution in [2.75, 3.05) is 13.7 Å². The van der Waals surface area contributed by atoms with E-state index < -0.39 is 35.6 Å². The van der Waals surface area contributed by atoms with Crippen LogP contribution in [0.2, 0.25) is 0 Å². The highest BCUT2D eigenvalue weighted by atomic mass is 16.6. The standard InChI is InChI=1S/C13H21NO6/c1-13(2,3)20-12(18)14-7-5-6-8(11(17)19-4)9(14)10(15)16/h8-9H,5-7H2,1-4H3,(H,15,16)/t8-,9+/m0/s1. The third-order valence-corrected chi connectivity index (χ3v) is 3.02. The van der Waals surface area contributed by atoms with Gasteiger partial charge in [-0.05, 0) is 33.6 Å². The monoisotopic (exact) mass is 287 g/mol. The molecule has 0 radical (unpaired) electrons. The van der Waals surface area contributed by atoms with E-state index in [1.807, 2.05) is 0 Å². The van der Waals surface area contributed by atoms with Crippen molar-refractivity contribution in [1.82, 2.24) is 4.90 Å². The lowest BCUT2D eigenvalue weighted by Gasteiger charge is -2.37. The number of carboxylic acid groups (broad SMARTS) is 1. The van der Waals surface area contributed by atoms with Crippen LogP contribution in [0.5, 0.6) is 0 Å². The van der Waals surface area contributed by atoms with Gasteiger partial charge in [0.05, 0.1) is 13.0 Å². The molecule has 1 aliphatic rings. The van der Waals surface area contributed by atoms with Gasteiger partial charge in [0.15, 0.2) is 0 Å². The van der Waals surface area contributed by atoms with Gasteiger partial charge in [0, 0.05) is 6.54 Å². The highest BCUT2D eigenvalue weighted by Crippen LogP contribution is 2.27. The Morgan fingerprint density at radius 3 is 2.30 bits per heavy atom. The highest BCUT2D eigenvalue weighted by Gasteiger charge is 2.44. The number of piperidine rings is 1. The second kappa shape index (κ2) is 6.11. The van der Waals surface area contributed by atoms with Crippen molar-refractivity contribution in [2.45, 2.75) is 45.3 Å². The van der Waals surface area contributed by atoms with Crippen LogP contribution in [0.4, 0.5) is 4.79 Å². The second-order valence-corrected chi connectivity index (χ2v) is 5.73. The fourth-order valence-electron chi connectivity index (χ4n) is 2.22. The molecule has 20 heavy (non-hydrogen) atoms. The van der Waals surface area contributed by atoms with Gasteiger partial charge >= 0.3 is 18.0 Å². The largest absolute Gasteiger partial charge is 0.480 e. The number of esters is 1. The number of aliphatic carboxylic acids is 1. The van der Waals surface area contributed by atoms with Crippen molar-refractivity contribution < 1.29 is 29.0 Å². The minimum absolute atomic E-state index is 0.249. The van der Waals surface area contributed by atoms with Crippen LogP contribution >= 0.6 is 0 Å². The van der Waals surface area contributed by atoms with Crippen LogP contribution in [0.15, 0.2) is 0 Å². The van der Waals surface area contributed by atoms with Crippen LogP contribution < -0.4 is 0 Å². The quantitative estimate of drug-likeness (QED) is 0.768. The number of carbonyl (C=O) groups is 3. The van der Waals surface area contributed by atoms with Crippen molar-refractivity contribution >= 4 is 18.0 Å². The smallest absolute Gasteiger partial charge is 0.411 e. The molecule has 1 fully saturated rings. The third-order valence-electron chi connectivity index (χ3n) is 3.02. The SMILES string of the molecule is COC(=O)[C@H]1CCCN(C(=O)OC(C)(C)C)[C@H]1C(=O)O. The molecular weight excluding hydrogens is 266 g/mol. The van der Waals surface area contributed by atoms with Gasteiger partial charge in [0.1, 0.15) is 11.6 Å². The van der Waals surface area contributed by atoms with Crippen LogP contribution in [0, 0.1) is 5.92 Å². The minimum atomic E-state index is -1.24. The molecular formula is C13H21NO6. The molecule has 1 heterocycles. The molecule has 1 aliphatic heterocycles. The Balaban J connectivity index is 2.96. The van der Waals surface area contributed by atoms with Crippen LogP contribution in [0.3, 0.4) is 0 Å². The predicted octanol–water partition coefficient (Wildman–Crippen LogP) is 1.26. The van der Waals surface area contributed by atoms with Crippen LogP contribution in [0.1, 0.15) is 33.6 Å². The van der Waals surface area contributed by atoms with E-state index >= 15 is 0 Å². The Bertz CT molecular complexity index is 400. The van der Waals surface area contributed by atoms with Crippen molar-refractivity contribution in [2.24, 2.45) is 5.92 Å². The molecule has 7 heteroatoms. The minimum Gasteiger partial charge on any atom is -0.480 e. The molecule has 0 aromatic rings. The summed E-state index contributed by atoms with van der Waals surface area (Å²) in [6, 6.07) is -1.24. The highest BCUT2D eigenvalue weighted by molar-refractivity contribution is 5.87. The van der Waals surface area contributed by atoms with Crippen molar-refractivity contribution in [1.29, 1.82) is 0 Å². The zero-order valence-electron chi connectivity index (χ0n) is 12.2. The lowest BCUT2D eigenvalue weighted by atomic mass is 9.89. The van der Waals surface area contributed by atoms with Gasteiger partial charge in [-0.25, -0.2) is 9.59 Å². The molecule has 0 aromatic heterocycles. The summed E-state index contributed by atoms with van der Waals surface area (Å²) in [5.41, 5.74) is -0.724. The number of methoxy groups -OCH3 is 1. The Hall–Kier alpha value is -1.79. The number of likely N-dealkylation sites (tertiary alicyclic amines) is 1. The molecule has 1 N–H and O–H groups in total. The molecule has 1 rings (SSSR count). The van der Waals surface area contributed by atoms with E-state index in [0.29, 0.717) is 12.8 Å². The Morgan fingerprint density at radius 1 is 1.25 bits per heavy atom. The molecule has 2 atom stereocenters. The maximum atomic E-state index is 12.1. The van der Waals surface area contributed by atoms with Gasteiger partial charge in [-0.1, -0.05) is 0 Å². The van der Waals surface area contributed by atoms with Gasteiger partial charge in [0.25, 0.3) is 0 Å². The molecule has 7 nitrogen and oxygen atoms in total. The Kier molecular flexibility index (Phi) is 4.97. The molecule has 1 amide bonds. The van der Waals surface area contributed by atoms with Crippen molar-refractivity contribution in [3.8, 4) is 0 Å². The van der Waals surface area contributed by atoms with E-state index in [2.05, 4.69) is 4.74 Å². The molecule has 1 saturated heterocycles. The molecule has 0 unspecified atom stereocenters. The molecule has 0 bridgehead atoms. The lowest BCUT2D eigenvalue weighted by Crippen LogP contribution is -2.55. The maximum absolute atomic E-state index is 12.1. The summed E-state index contributed by atoms with van der Waals surface area (Å²) in [6.45, 7) is 5.34. The van der Waals surface area contributed by atoms with Crippen molar-refractivity contribution in [3.05, 3.63) is 0 Å². The zero-order chi connectivity index (χ0) is 15.5. The number of carbonyl (C=O) groups excluding carboxylic acids is 2. The Morgan fingerprint density at radius 2 is 1.85 bits per heavy atom. The van der Waals surface area contributed by atoms with Gasteiger partial charge < -0.3 is 14.6 Å². The first-order valence-electron chi connectivity index (χ1n) is 6.47. The zero-order valence-corrected chi connectivity index (χ0v) is 12.2. The summed E-state index contributed by atoms with van der Waals surface area (Å²) in [7, 11) is 1.20. The average Bonchev–Trinajstić information content (AvgIpc) is 2.34. The number of carboxylic acids is 1. The van der Waals surface area contributed by atoms with Crippen LogP contribution in [-0.4, -0.2) is 53.3 Å². The predicted molar refractivity (Wildman–Crippen MR) is 69.1 cm³/mol. The molecule has 0 aromatic carbocycles. The fraction of sp³-hybridized carbons (Fsp3) is 0.769. The molecule has 0 aliphatic carbocycles. The number of amides is 1. The van der Waals surface area contributed by atoms with Crippen molar-refractivity contribution in [3.63, 3.8) is 0 Å². The van der Waals surface area contributed by atoms with E-state index in [-0.39, 0.29) is 6.54 Å². The average molecular weight is 287 g/mol. The van der Waals surface area contributed by atoms with Gasteiger partial charge in [0.2, 0.25) is 0 Å². The number of hydrogen-bond acceptors (Lipinski definition) is 5. The summed E-state index contributed by atoms with van der Waals surface area (Å²) < 4.78 is 9.81. The van der Waals surface area contributed by atoms with E-state index in [1.165, 1.54) is 7.11 Å². The molecule has 0 spiro atoms. The summed E-state index contributed by atoms with van der Waals surface area (Å²) >= 11 is 0. The first kappa shape index (κ1) is 16.3. The molecule has 114 valence electrons. The van der Waals surface area contributed by atoms with Gasteiger partial charge in [-0.2, -0.15) is 0 Å². The number of rotatable bonds is 2. The first-order valence-corrected chi connectivity index (χ1v) is 6.47. The van der Waals surface area contributed by atoms with Crippen LogP contribution in [0.25, 0.3) is 0 Å². The first-order chi connectivity index (χ1) is 9.17. The van der Waals surface area contributed by atoms with Crippen LogP contribution in [-0.2, 0) is 19.1 Å². The van der Waals surface area contributed by atoms with E-state index in [0.717, 1.165) is 4.90 Å². The normalized spacial score (nSPS) is 23.1. The topological polar surface area (TPSA) is 93.1 Å². The number of hydrogen-bond donors (Lipinski definition) is 1. The third kappa shape index (κ3) is 3.85. The fourth-order valence-corrected chi connectivity index (χ4v) is 2.22. The Labute approximate surface area is 117 Å². The number of nitrogens with zero attached hydrogens (tertiary/aromatic N) is 1. The lowest BCUT2D eigenvalue weighted by molar-refractivity contribution is -0.159. The van der Waals surface area contributed by atoms with E-state index in [9.17, 15) is 19.5 Å². The number of ether oxygens (including phenoxy) is 2. The summed E-state index contributed by atoms with van der Waals surface area (Å²) in [6.07, 6.45) is 0.185. The molecule has 0 saturated carbocycles. The van der Waals surface area contributed by atoms with Gasteiger partial charge in [-0.3, -0.25) is 9.69 Å². The summed E-state index contributed by atoms with van der Waals surface area (Å²) in [5.74, 6) is -2.71. The maximum Gasteiger partial charge on any atom is 0.411 e. The van der Waals surface area contributed by atoms with E-state index in [4.69, 9.17) is 4.74 Å². The van der Waals surface area contributed by atoms with Gasteiger partial charge in [-0.15, -0.1) is 0 Å².